The minimum absolute atomic E-state index is 0.337. The molecule has 0 aromatic heterocycles. The summed E-state index contributed by atoms with van der Waals surface area (Å²) in [5.41, 5.74) is -1.76. The molecule has 146 valence electrons. The molecule has 1 unspecified atom stereocenters. The van der Waals surface area contributed by atoms with E-state index in [9.17, 15) is 22.4 Å². The Balaban J connectivity index is 2.47. The van der Waals surface area contributed by atoms with Gasteiger partial charge in [0.25, 0.3) is 5.91 Å². The summed E-state index contributed by atoms with van der Waals surface area (Å²) in [6.07, 6.45) is -4.84. The number of hydrogen-bond donors (Lipinski definition) is 1. The van der Waals surface area contributed by atoms with Crippen molar-refractivity contribution in [2.45, 2.75) is 31.6 Å². The van der Waals surface area contributed by atoms with Crippen LogP contribution in [0.25, 0.3) is 0 Å². The highest BCUT2D eigenvalue weighted by Crippen LogP contribution is 2.34. The first-order valence-corrected chi connectivity index (χ1v) is 8.34. The number of nitrogens with zero attached hydrogens (tertiary/aromatic N) is 1. The van der Waals surface area contributed by atoms with Gasteiger partial charge in [-0.05, 0) is 51.7 Å². The number of benzene rings is 2. The summed E-state index contributed by atoms with van der Waals surface area (Å²) in [6.45, 7) is 3.75. The Morgan fingerprint density at radius 3 is 2.15 bits per heavy atom. The molecule has 1 atom stereocenters. The van der Waals surface area contributed by atoms with E-state index in [1.54, 1.807) is 24.3 Å². The van der Waals surface area contributed by atoms with Crippen molar-refractivity contribution >= 4 is 5.91 Å². The van der Waals surface area contributed by atoms with Crippen LogP contribution in [0.4, 0.5) is 17.6 Å². The zero-order valence-corrected chi connectivity index (χ0v) is 15.6. The van der Waals surface area contributed by atoms with E-state index in [1.165, 1.54) is 0 Å². The third-order valence-corrected chi connectivity index (χ3v) is 4.80. The molecule has 2 aromatic rings. The van der Waals surface area contributed by atoms with Crippen LogP contribution < -0.4 is 5.32 Å². The lowest BCUT2D eigenvalue weighted by Crippen LogP contribution is -2.51. The summed E-state index contributed by atoms with van der Waals surface area (Å²) in [5.74, 6) is -1.96. The van der Waals surface area contributed by atoms with Gasteiger partial charge in [0, 0.05) is 5.54 Å². The summed E-state index contributed by atoms with van der Waals surface area (Å²) in [5, 5.41) is 2.70. The van der Waals surface area contributed by atoms with Crippen molar-refractivity contribution < 1.29 is 22.4 Å². The van der Waals surface area contributed by atoms with Gasteiger partial charge >= 0.3 is 6.18 Å². The molecule has 0 bridgehead atoms. The van der Waals surface area contributed by atoms with E-state index in [0.717, 1.165) is 17.7 Å². The van der Waals surface area contributed by atoms with Gasteiger partial charge in [-0.2, -0.15) is 13.2 Å². The first-order valence-electron chi connectivity index (χ1n) is 8.34. The van der Waals surface area contributed by atoms with E-state index < -0.39 is 40.6 Å². The molecule has 0 aliphatic rings. The zero-order valence-electron chi connectivity index (χ0n) is 15.6. The second-order valence-corrected chi connectivity index (χ2v) is 7.05. The lowest BCUT2D eigenvalue weighted by molar-refractivity contribution is -0.138. The van der Waals surface area contributed by atoms with Crippen LogP contribution in [0.15, 0.2) is 48.5 Å². The molecule has 0 spiro atoms. The van der Waals surface area contributed by atoms with Gasteiger partial charge < -0.3 is 10.2 Å². The maximum Gasteiger partial charge on any atom is 0.417 e. The van der Waals surface area contributed by atoms with E-state index in [4.69, 9.17) is 0 Å². The van der Waals surface area contributed by atoms with Gasteiger partial charge in [0.05, 0.1) is 17.2 Å². The van der Waals surface area contributed by atoms with E-state index in [-0.39, 0.29) is 0 Å². The molecule has 3 nitrogen and oxygen atoms in total. The maximum atomic E-state index is 13.3. The highest BCUT2D eigenvalue weighted by atomic mass is 19.4. The van der Waals surface area contributed by atoms with E-state index in [1.807, 2.05) is 38.9 Å². The van der Waals surface area contributed by atoms with Crippen molar-refractivity contribution in [1.82, 2.24) is 10.2 Å². The van der Waals surface area contributed by atoms with E-state index in [0.29, 0.717) is 6.07 Å². The van der Waals surface area contributed by atoms with Crippen LogP contribution in [0.1, 0.15) is 41.4 Å². The number of nitrogens with one attached hydrogen (secondary N) is 1. The molecule has 0 fully saturated rings. The van der Waals surface area contributed by atoms with Gasteiger partial charge in [0.1, 0.15) is 5.82 Å². The maximum absolute atomic E-state index is 13.3. The predicted octanol–water partition coefficient (Wildman–Crippen LogP) is 4.66. The molecule has 0 heterocycles. The fourth-order valence-electron chi connectivity index (χ4n) is 2.73. The molecule has 0 saturated carbocycles. The minimum Gasteiger partial charge on any atom is -0.343 e. The van der Waals surface area contributed by atoms with Crippen LogP contribution in [0.5, 0.6) is 0 Å². The van der Waals surface area contributed by atoms with Crippen LogP contribution in [-0.4, -0.2) is 30.4 Å². The Morgan fingerprint density at radius 1 is 1.04 bits per heavy atom. The van der Waals surface area contributed by atoms with Crippen molar-refractivity contribution in [2.75, 3.05) is 14.1 Å². The van der Waals surface area contributed by atoms with Gasteiger partial charge in [-0.1, -0.05) is 30.3 Å². The molecule has 2 rings (SSSR count). The smallest absolute Gasteiger partial charge is 0.343 e. The van der Waals surface area contributed by atoms with Crippen molar-refractivity contribution in [3.63, 3.8) is 0 Å². The first-order chi connectivity index (χ1) is 12.4. The average molecular weight is 382 g/mol. The third-order valence-electron chi connectivity index (χ3n) is 4.80. The highest BCUT2D eigenvalue weighted by molar-refractivity contribution is 5.96. The minimum atomic E-state index is -4.84. The number of alkyl halides is 3. The van der Waals surface area contributed by atoms with Gasteiger partial charge in [0.15, 0.2) is 0 Å². The number of hydrogen-bond acceptors (Lipinski definition) is 2. The molecule has 0 aliphatic heterocycles. The third kappa shape index (κ3) is 4.66. The lowest BCUT2D eigenvalue weighted by Gasteiger charge is -2.41. The topological polar surface area (TPSA) is 32.3 Å². The van der Waals surface area contributed by atoms with Crippen molar-refractivity contribution in [2.24, 2.45) is 0 Å². The summed E-state index contributed by atoms with van der Waals surface area (Å²) in [7, 11) is 3.64. The molecular formula is C20H22F4N2O. The highest BCUT2D eigenvalue weighted by Gasteiger charge is 2.38. The molecule has 1 N–H and O–H groups in total. The van der Waals surface area contributed by atoms with E-state index in [2.05, 4.69) is 5.32 Å². The predicted molar refractivity (Wildman–Crippen MR) is 95.8 cm³/mol. The standard InChI is InChI=1S/C20H22F4N2O/c1-19(2,26(3)4)17(13-8-6-5-7-9-13)25-18(27)15-11-10-14(21)12-16(15)20(22,23)24/h5-12,17H,1-4H3,(H,25,27). The lowest BCUT2D eigenvalue weighted by atomic mass is 9.87. The van der Waals surface area contributed by atoms with Gasteiger partial charge in [-0.3, -0.25) is 4.79 Å². The Labute approximate surface area is 156 Å². The Hall–Kier alpha value is -2.41. The normalized spacial score (nSPS) is 13.5. The van der Waals surface area contributed by atoms with Gasteiger partial charge in [0.2, 0.25) is 0 Å². The SMILES string of the molecule is CN(C)C(C)(C)C(NC(=O)c1ccc(F)cc1C(F)(F)F)c1ccccc1. The summed E-state index contributed by atoms with van der Waals surface area (Å²) in [4.78, 5) is 14.6. The second-order valence-electron chi connectivity index (χ2n) is 7.05. The van der Waals surface area contributed by atoms with Crippen LogP contribution in [0, 0.1) is 5.82 Å². The van der Waals surface area contributed by atoms with Crippen LogP contribution in [-0.2, 0) is 6.18 Å². The number of likely N-dealkylation sites (N-methyl/N-ethyl adjacent to an activating group) is 1. The Morgan fingerprint density at radius 2 is 1.63 bits per heavy atom. The number of carbonyl (C=O) groups excluding carboxylic acids is 1. The molecular weight excluding hydrogens is 360 g/mol. The van der Waals surface area contributed by atoms with Gasteiger partial charge in [-0.15, -0.1) is 0 Å². The molecule has 1 amide bonds. The largest absolute Gasteiger partial charge is 0.417 e. The van der Waals surface area contributed by atoms with Crippen LogP contribution in [0.2, 0.25) is 0 Å². The summed E-state index contributed by atoms with van der Waals surface area (Å²) < 4.78 is 53.1. The van der Waals surface area contributed by atoms with Crippen LogP contribution in [0.3, 0.4) is 0 Å². The molecule has 0 saturated heterocycles. The number of halogens is 4. The number of amides is 1. The molecule has 27 heavy (non-hydrogen) atoms. The second kappa shape index (κ2) is 7.68. The quantitative estimate of drug-likeness (QED) is 0.763. The molecule has 0 aliphatic carbocycles. The zero-order chi connectivity index (χ0) is 20.4. The number of rotatable bonds is 5. The van der Waals surface area contributed by atoms with Crippen molar-refractivity contribution in [3.05, 3.63) is 71.0 Å². The summed E-state index contributed by atoms with van der Waals surface area (Å²) >= 11 is 0. The summed E-state index contributed by atoms with van der Waals surface area (Å²) in [6, 6.07) is 10.4. The fourth-order valence-corrected chi connectivity index (χ4v) is 2.73. The Bertz CT molecular complexity index is 801. The van der Waals surface area contributed by atoms with Gasteiger partial charge in [-0.25, -0.2) is 4.39 Å². The van der Waals surface area contributed by atoms with Crippen molar-refractivity contribution in [3.8, 4) is 0 Å². The monoisotopic (exact) mass is 382 g/mol. The molecule has 2 aromatic carbocycles. The molecule has 7 heteroatoms. The fraction of sp³-hybridized carbons (Fsp3) is 0.350. The van der Waals surface area contributed by atoms with Crippen molar-refractivity contribution in [1.29, 1.82) is 0 Å². The average Bonchev–Trinajstić information content (AvgIpc) is 2.59. The first kappa shape index (κ1) is 20.9. The number of carbonyl (C=O) groups is 1. The van der Waals surface area contributed by atoms with Crippen LogP contribution >= 0.6 is 0 Å². The van der Waals surface area contributed by atoms with E-state index >= 15 is 0 Å². The molecule has 0 radical (unpaired) electrons. The Kier molecular flexibility index (Phi) is 5.94.